The lowest BCUT2D eigenvalue weighted by atomic mass is 9.96. The Bertz CT molecular complexity index is 315. The first kappa shape index (κ1) is 13.3. The van der Waals surface area contributed by atoms with E-state index >= 15 is 0 Å². The average Bonchev–Trinajstić information content (AvgIpc) is 2.39. The molecule has 2 atom stereocenters. The number of carbonyl (C=O) groups excluding carboxylic acids is 1. The number of rotatable bonds is 3. The van der Waals surface area contributed by atoms with E-state index < -0.39 is 5.97 Å². The van der Waals surface area contributed by atoms with Crippen LogP contribution >= 0.6 is 0 Å². The first-order valence-corrected chi connectivity index (χ1v) is 6.49. The number of carboxylic acids is 1. The molecule has 6 heteroatoms. The van der Waals surface area contributed by atoms with E-state index in [1.165, 1.54) is 0 Å². The monoisotopic (exact) mass is 256 g/mol. The van der Waals surface area contributed by atoms with Gasteiger partial charge < -0.3 is 20.1 Å². The summed E-state index contributed by atoms with van der Waals surface area (Å²) in [5, 5.41) is 12.1. The van der Waals surface area contributed by atoms with Crippen molar-refractivity contribution in [3.05, 3.63) is 0 Å². The summed E-state index contributed by atoms with van der Waals surface area (Å²) in [4.78, 5) is 24.9. The van der Waals surface area contributed by atoms with Crippen molar-refractivity contribution >= 4 is 11.9 Å². The highest BCUT2D eigenvalue weighted by molar-refractivity contribution is 5.80. The lowest BCUT2D eigenvalue weighted by Crippen LogP contribution is -2.53. The molecular weight excluding hydrogens is 236 g/mol. The second-order valence-corrected chi connectivity index (χ2v) is 4.90. The highest BCUT2D eigenvalue weighted by Gasteiger charge is 2.33. The van der Waals surface area contributed by atoms with Gasteiger partial charge in [0.15, 0.2) is 0 Å². The van der Waals surface area contributed by atoms with Crippen LogP contribution in [0.25, 0.3) is 0 Å². The molecule has 2 saturated heterocycles. The number of piperidine rings is 1. The molecule has 6 nitrogen and oxygen atoms in total. The van der Waals surface area contributed by atoms with Crippen molar-refractivity contribution in [3.63, 3.8) is 0 Å². The Balaban J connectivity index is 1.98. The smallest absolute Gasteiger partial charge is 0.305 e. The van der Waals surface area contributed by atoms with Crippen molar-refractivity contribution < 1.29 is 19.4 Å². The number of aliphatic carboxylic acids is 1. The van der Waals surface area contributed by atoms with Crippen LogP contribution in [0.1, 0.15) is 19.3 Å². The molecule has 0 spiro atoms. The Morgan fingerprint density at radius 3 is 2.94 bits per heavy atom. The van der Waals surface area contributed by atoms with E-state index in [1.54, 1.807) is 4.90 Å². The summed E-state index contributed by atoms with van der Waals surface area (Å²) in [7, 11) is 0. The maximum Gasteiger partial charge on any atom is 0.305 e. The molecule has 0 bridgehead atoms. The Hall–Kier alpha value is -1.14. The maximum absolute atomic E-state index is 12.4. The van der Waals surface area contributed by atoms with Gasteiger partial charge >= 0.3 is 5.97 Å². The van der Waals surface area contributed by atoms with E-state index in [0.717, 1.165) is 19.4 Å². The normalized spacial score (nSPS) is 29.0. The molecule has 2 aliphatic rings. The Morgan fingerprint density at radius 1 is 1.44 bits per heavy atom. The van der Waals surface area contributed by atoms with Crippen molar-refractivity contribution in [1.82, 2.24) is 10.2 Å². The van der Waals surface area contributed by atoms with Gasteiger partial charge in [-0.3, -0.25) is 9.59 Å². The fraction of sp³-hybridized carbons (Fsp3) is 0.833. The molecule has 2 aliphatic heterocycles. The quantitative estimate of drug-likeness (QED) is 0.724. The minimum atomic E-state index is -0.884. The highest BCUT2D eigenvalue weighted by atomic mass is 16.5. The molecule has 0 aromatic rings. The number of ether oxygens (including phenoxy) is 1. The Morgan fingerprint density at radius 2 is 2.28 bits per heavy atom. The summed E-state index contributed by atoms with van der Waals surface area (Å²) in [5.74, 6) is -0.810. The summed E-state index contributed by atoms with van der Waals surface area (Å²) in [6, 6.07) is -0.314. The second-order valence-electron chi connectivity index (χ2n) is 4.90. The van der Waals surface area contributed by atoms with Gasteiger partial charge in [-0.1, -0.05) is 0 Å². The SMILES string of the molecule is O=C(O)CC1COCCN1C(=O)[C@@H]1CCCNC1. The zero-order chi connectivity index (χ0) is 13.0. The van der Waals surface area contributed by atoms with Gasteiger partial charge in [-0.15, -0.1) is 0 Å². The number of nitrogens with one attached hydrogen (secondary N) is 1. The van der Waals surface area contributed by atoms with Crippen LogP contribution in [0, 0.1) is 5.92 Å². The van der Waals surface area contributed by atoms with E-state index in [4.69, 9.17) is 9.84 Å². The van der Waals surface area contributed by atoms with E-state index in [2.05, 4.69) is 5.32 Å². The molecule has 0 saturated carbocycles. The van der Waals surface area contributed by atoms with Gasteiger partial charge in [0.2, 0.25) is 5.91 Å². The molecule has 0 aliphatic carbocycles. The van der Waals surface area contributed by atoms with E-state index in [1.807, 2.05) is 0 Å². The predicted molar refractivity (Wildman–Crippen MR) is 64.2 cm³/mol. The molecular formula is C12H20N2O4. The topological polar surface area (TPSA) is 78.9 Å². The van der Waals surface area contributed by atoms with Crippen LogP contribution in [0.4, 0.5) is 0 Å². The number of morpholine rings is 1. The van der Waals surface area contributed by atoms with Gasteiger partial charge in [0.1, 0.15) is 0 Å². The number of hydrogen-bond donors (Lipinski definition) is 2. The predicted octanol–water partition coefficient (Wildman–Crippen LogP) is -0.312. The molecule has 18 heavy (non-hydrogen) atoms. The Kier molecular flexibility index (Phi) is 4.54. The fourth-order valence-corrected chi connectivity index (χ4v) is 2.61. The first-order chi connectivity index (χ1) is 8.68. The van der Waals surface area contributed by atoms with Crippen LogP contribution in [0.5, 0.6) is 0 Å². The number of nitrogens with zero attached hydrogens (tertiary/aromatic N) is 1. The van der Waals surface area contributed by atoms with E-state index in [-0.39, 0.29) is 24.3 Å². The van der Waals surface area contributed by atoms with Crippen LogP contribution in [0.3, 0.4) is 0 Å². The summed E-state index contributed by atoms with van der Waals surface area (Å²) < 4.78 is 5.28. The molecule has 0 aromatic carbocycles. The molecule has 0 aromatic heterocycles. The standard InChI is InChI=1S/C12H20N2O4/c15-11(16)6-10-8-18-5-4-14(10)12(17)9-2-1-3-13-7-9/h9-10,13H,1-8H2,(H,15,16)/t9-,10?/m1/s1. The van der Waals surface area contributed by atoms with Gasteiger partial charge in [0.25, 0.3) is 0 Å². The van der Waals surface area contributed by atoms with Crippen molar-refractivity contribution in [1.29, 1.82) is 0 Å². The van der Waals surface area contributed by atoms with Gasteiger partial charge in [0.05, 0.1) is 31.6 Å². The molecule has 0 radical (unpaired) electrons. The molecule has 2 heterocycles. The van der Waals surface area contributed by atoms with Gasteiger partial charge in [-0.25, -0.2) is 0 Å². The zero-order valence-electron chi connectivity index (χ0n) is 10.4. The average molecular weight is 256 g/mol. The molecule has 2 N–H and O–H groups in total. The lowest BCUT2D eigenvalue weighted by molar-refractivity contribution is -0.149. The van der Waals surface area contributed by atoms with Crippen LogP contribution in [-0.2, 0) is 14.3 Å². The third kappa shape index (κ3) is 3.20. The summed E-state index contributed by atoms with van der Waals surface area (Å²) in [6.45, 7) is 3.01. The maximum atomic E-state index is 12.4. The fourth-order valence-electron chi connectivity index (χ4n) is 2.61. The third-order valence-electron chi connectivity index (χ3n) is 3.57. The van der Waals surface area contributed by atoms with Crippen LogP contribution < -0.4 is 5.32 Å². The number of amides is 1. The lowest BCUT2D eigenvalue weighted by Gasteiger charge is -2.37. The first-order valence-electron chi connectivity index (χ1n) is 6.49. The van der Waals surface area contributed by atoms with E-state index in [9.17, 15) is 9.59 Å². The minimum Gasteiger partial charge on any atom is -0.481 e. The second kappa shape index (κ2) is 6.15. The van der Waals surface area contributed by atoms with E-state index in [0.29, 0.717) is 26.3 Å². The molecule has 1 unspecified atom stereocenters. The summed E-state index contributed by atoms with van der Waals surface area (Å²) in [5.41, 5.74) is 0. The molecule has 2 rings (SSSR count). The van der Waals surface area contributed by atoms with Crippen molar-refractivity contribution in [2.75, 3.05) is 32.8 Å². The van der Waals surface area contributed by atoms with Crippen LogP contribution in [0.15, 0.2) is 0 Å². The third-order valence-corrected chi connectivity index (χ3v) is 3.57. The molecule has 2 fully saturated rings. The van der Waals surface area contributed by atoms with Gasteiger partial charge in [0, 0.05) is 13.1 Å². The summed E-state index contributed by atoms with van der Waals surface area (Å²) >= 11 is 0. The zero-order valence-corrected chi connectivity index (χ0v) is 10.4. The highest BCUT2D eigenvalue weighted by Crippen LogP contribution is 2.18. The largest absolute Gasteiger partial charge is 0.481 e. The van der Waals surface area contributed by atoms with Crippen molar-refractivity contribution in [3.8, 4) is 0 Å². The van der Waals surface area contributed by atoms with Crippen molar-refractivity contribution in [2.24, 2.45) is 5.92 Å². The molecule has 1 amide bonds. The minimum absolute atomic E-state index is 0.00635. The summed E-state index contributed by atoms with van der Waals surface area (Å²) in [6.07, 6.45) is 1.86. The molecule has 102 valence electrons. The number of carboxylic acid groups (broad SMARTS) is 1. The van der Waals surface area contributed by atoms with Gasteiger partial charge in [-0.2, -0.15) is 0 Å². The number of hydrogen-bond acceptors (Lipinski definition) is 4. The van der Waals surface area contributed by atoms with Crippen LogP contribution in [-0.4, -0.2) is 60.8 Å². The Labute approximate surface area is 106 Å². The number of carbonyl (C=O) groups is 2. The van der Waals surface area contributed by atoms with Crippen LogP contribution in [0.2, 0.25) is 0 Å². The van der Waals surface area contributed by atoms with Gasteiger partial charge in [-0.05, 0) is 19.4 Å². The van der Waals surface area contributed by atoms with Crippen molar-refractivity contribution in [2.45, 2.75) is 25.3 Å².